The molecule has 1 aliphatic carbocycles. The Kier molecular flexibility index (Phi) is 4.95. The third-order valence-electron chi connectivity index (χ3n) is 5.25. The first-order valence-corrected chi connectivity index (χ1v) is 10.6. The van der Waals surface area contributed by atoms with Crippen LogP contribution in [0.1, 0.15) is 33.3 Å². The molecule has 0 radical (unpaired) electrons. The molecule has 158 valence electrons. The third-order valence-corrected chi connectivity index (χ3v) is 6.30. The van der Waals surface area contributed by atoms with Gasteiger partial charge in [-0.05, 0) is 43.2 Å². The van der Waals surface area contributed by atoms with E-state index in [1.165, 1.54) is 11.3 Å². The van der Waals surface area contributed by atoms with Gasteiger partial charge in [-0.25, -0.2) is 4.98 Å². The van der Waals surface area contributed by atoms with Crippen molar-refractivity contribution in [3.05, 3.63) is 58.6 Å². The molecule has 0 fully saturated rings. The van der Waals surface area contributed by atoms with Gasteiger partial charge in [-0.15, -0.1) is 11.3 Å². The van der Waals surface area contributed by atoms with E-state index in [1.807, 2.05) is 12.1 Å². The van der Waals surface area contributed by atoms with Gasteiger partial charge in [-0.3, -0.25) is 14.9 Å². The topological polar surface area (TPSA) is 98.8 Å². The van der Waals surface area contributed by atoms with Gasteiger partial charge in [-0.1, -0.05) is 12.1 Å². The predicted octanol–water partition coefficient (Wildman–Crippen LogP) is 3.80. The molecule has 31 heavy (non-hydrogen) atoms. The lowest BCUT2D eigenvalue weighted by Gasteiger charge is -2.13. The van der Waals surface area contributed by atoms with Crippen molar-refractivity contribution in [1.29, 1.82) is 0 Å². The standard InChI is InChI=1S/C22H19N3O5S/c1-28-15-5-3-2-4-14(15)23-21(27)13-7-9-18-19(13)24-22(31-18)25-20(26)12-6-8-16-17(10-12)30-11-29-16/h2-6,8,10,13H,7,9,11H2,1H3,(H,23,27)(H,24,25,26). The first kappa shape index (κ1) is 19.4. The van der Waals surface area contributed by atoms with E-state index in [-0.39, 0.29) is 24.5 Å². The summed E-state index contributed by atoms with van der Waals surface area (Å²) in [5, 5.41) is 6.23. The predicted molar refractivity (Wildman–Crippen MR) is 115 cm³/mol. The molecule has 2 amide bonds. The van der Waals surface area contributed by atoms with Crippen LogP contribution in [0.5, 0.6) is 17.2 Å². The lowest BCUT2D eigenvalue weighted by molar-refractivity contribution is -0.117. The number of amides is 2. The number of rotatable bonds is 5. The first-order chi connectivity index (χ1) is 15.1. The Bertz CT molecular complexity index is 1180. The Morgan fingerprint density at radius 1 is 1.13 bits per heavy atom. The Labute approximate surface area is 182 Å². The van der Waals surface area contributed by atoms with Crippen LogP contribution >= 0.6 is 11.3 Å². The number of hydrogen-bond acceptors (Lipinski definition) is 7. The highest BCUT2D eigenvalue weighted by Crippen LogP contribution is 2.40. The number of carbonyl (C=O) groups is 2. The van der Waals surface area contributed by atoms with Crippen LogP contribution in [-0.2, 0) is 11.2 Å². The van der Waals surface area contributed by atoms with Gasteiger partial charge in [0.2, 0.25) is 12.7 Å². The molecule has 1 aromatic heterocycles. The van der Waals surface area contributed by atoms with E-state index in [4.69, 9.17) is 14.2 Å². The number of aromatic nitrogens is 1. The van der Waals surface area contributed by atoms with Crippen molar-refractivity contribution in [3.63, 3.8) is 0 Å². The lowest BCUT2D eigenvalue weighted by atomic mass is 10.1. The highest BCUT2D eigenvalue weighted by atomic mass is 32.1. The van der Waals surface area contributed by atoms with Crippen molar-refractivity contribution in [3.8, 4) is 17.2 Å². The Hall–Kier alpha value is -3.59. The summed E-state index contributed by atoms with van der Waals surface area (Å²) in [6.45, 7) is 0.151. The Balaban J connectivity index is 1.30. The lowest BCUT2D eigenvalue weighted by Crippen LogP contribution is -2.20. The molecule has 0 spiro atoms. The van der Waals surface area contributed by atoms with E-state index in [2.05, 4.69) is 15.6 Å². The second kappa shape index (κ2) is 7.92. The molecule has 3 aromatic rings. The number of carbonyl (C=O) groups excluding carboxylic acids is 2. The molecule has 0 saturated heterocycles. The Morgan fingerprint density at radius 2 is 1.97 bits per heavy atom. The van der Waals surface area contributed by atoms with Crippen molar-refractivity contribution >= 4 is 34.0 Å². The van der Waals surface area contributed by atoms with Crippen LogP contribution < -0.4 is 24.8 Å². The van der Waals surface area contributed by atoms with E-state index in [1.54, 1.807) is 37.4 Å². The smallest absolute Gasteiger partial charge is 0.257 e. The van der Waals surface area contributed by atoms with Gasteiger partial charge in [-0.2, -0.15) is 0 Å². The molecule has 1 atom stereocenters. The fourth-order valence-corrected chi connectivity index (χ4v) is 4.74. The summed E-state index contributed by atoms with van der Waals surface area (Å²) in [6, 6.07) is 12.3. The van der Waals surface area contributed by atoms with Crippen LogP contribution in [0, 0.1) is 0 Å². The number of anilines is 2. The monoisotopic (exact) mass is 437 g/mol. The highest BCUT2D eigenvalue weighted by molar-refractivity contribution is 7.16. The molecule has 2 aromatic carbocycles. The van der Waals surface area contributed by atoms with Crippen molar-refractivity contribution in [2.24, 2.45) is 0 Å². The minimum atomic E-state index is -0.368. The molecule has 2 N–H and O–H groups in total. The number of nitrogens with one attached hydrogen (secondary N) is 2. The first-order valence-electron chi connectivity index (χ1n) is 9.77. The van der Waals surface area contributed by atoms with Crippen LogP contribution in [0.2, 0.25) is 0 Å². The number of nitrogens with zero attached hydrogens (tertiary/aromatic N) is 1. The fraction of sp³-hybridized carbons (Fsp3) is 0.227. The van der Waals surface area contributed by atoms with Crippen LogP contribution in [0.3, 0.4) is 0 Å². The molecule has 1 aliphatic heterocycles. The zero-order chi connectivity index (χ0) is 21.4. The summed E-state index contributed by atoms with van der Waals surface area (Å²) in [7, 11) is 1.56. The van der Waals surface area contributed by atoms with Gasteiger partial charge in [0.25, 0.3) is 5.91 Å². The van der Waals surface area contributed by atoms with Gasteiger partial charge in [0.15, 0.2) is 16.6 Å². The van der Waals surface area contributed by atoms with Gasteiger partial charge in [0.1, 0.15) is 5.75 Å². The minimum Gasteiger partial charge on any atom is -0.495 e. The maximum Gasteiger partial charge on any atom is 0.257 e. The number of hydrogen-bond donors (Lipinski definition) is 2. The van der Waals surface area contributed by atoms with E-state index >= 15 is 0 Å². The van der Waals surface area contributed by atoms with Crippen molar-refractivity contribution in [2.75, 3.05) is 24.5 Å². The summed E-state index contributed by atoms with van der Waals surface area (Å²) in [5.74, 6) is 0.968. The normalized spacial score (nSPS) is 16.0. The van der Waals surface area contributed by atoms with Gasteiger partial charge >= 0.3 is 0 Å². The van der Waals surface area contributed by atoms with Crippen LogP contribution in [0.25, 0.3) is 0 Å². The molecule has 0 saturated carbocycles. The molecule has 1 unspecified atom stereocenters. The molecule has 9 heteroatoms. The maximum absolute atomic E-state index is 12.9. The quantitative estimate of drug-likeness (QED) is 0.630. The van der Waals surface area contributed by atoms with Crippen molar-refractivity contribution < 1.29 is 23.8 Å². The molecule has 8 nitrogen and oxygen atoms in total. The number of aryl methyl sites for hydroxylation is 1. The van der Waals surface area contributed by atoms with Crippen LogP contribution in [0.4, 0.5) is 10.8 Å². The molecule has 2 heterocycles. The second-order valence-electron chi connectivity index (χ2n) is 7.13. The zero-order valence-corrected chi connectivity index (χ0v) is 17.5. The Morgan fingerprint density at radius 3 is 2.84 bits per heavy atom. The van der Waals surface area contributed by atoms with Crippen molar-refractivity contribution in [2.45, 2.75) is 18.8 Å². The van der Waals surface area contributed by atoms with E-state index < -0.39 is 0 Å². The van der Waals surface area contributed by atoms with Crippen molar-refractivity contribution in [1.82, 2.24) is 4.98 Å². The summed E-state index contributed by atoms with van der Waals surface area (Å²) < 4.78 is 15.9. The SMILES string of the molecule is COc1ccccc1NC(=O)C1CCc2sc(NC(=O)c3ccc4c(c3)OCO4)nc21. The zero-order valence-electron chi connectivity index (χ0n) is 16.6. The highest BCUT2D eigenvalue weighted by Gasteiger charge is 2.33. The second-order valence-corrected chi connectivity index (χ2v) is 8.21. The fourth-order valence-electron chi connectivity index (χ4n) is 3.71. The summed E-state index contributed by atoms with van der Waals surface area (Å²) >= 11 is 1.40. The molecular formula is C22H19N3O5S. The minimum absolute atomic E-state index is 0.137. The van der Waals surface area contributed by atoms with Gasteiger partial charge < -0.3 is 19.5 Å². The number of benzene rings is 2. The van der Waals surface area contributed by atoms with Gasteiger partial charge in [0.05, 0.1) is 24.4 Å². The summed E-state index contributed by atoms with van der Waals surface area (Å²) in [4.78, 5) is 31.1. The number of para-hydroxylation sites is 2. The van der Waals surface area contributed by atoms with Gasteiger partial charge in [0, 0.05) is 10.4 Å². The average molecular weight is 437 g/mol. The number of thiazole rings is 1. The number of ether oxygens (including phenoxy) is 3. The van der Waals surface area contributed by atoms with E-state index in [9.17, 15) is 9.59 Å². The van der Waals surface area contributed by atoms with Crippen LogP contribution in [0.15, 0.2) is 42.5 Å². The molecular weight excluding hydrogens is 418 g/mol. The molecule has 2 aliphatic rings. The number of fused-ring (bicyclic) bond motifs is 2. The summed E-state index contributed by atoms with van der Waals surface area (Å²) in [6.07, 6.45) is 1.43. The van der Waals surface area contributed by atoms with E-state index in [0.29, 0.717) is 40.1 Å². The van der Waals surface area contributed by atoms with Crippen LogP contribution in [-0.4, -0.2) is 30.7 Å². The van der Waals surface area contributed by atoms with E-state index in [0.717, 1.165) is 17.0 Å². The maximum atomic E-state index is 12.9. The summed E-state index contributed by atoms with van der Waals surface area (Å²) in [5.41, 5.74) is 1.79. The molecule has 0 bridgehead atoms. The third kappa shape index (κ3) is 3.68. The number of methoxy groups -OCH3 is 1. The molecule has 5 rings (SSSR count). The average Bonchev–Trinajstić information content (AvgIpc) is 3.49. The largest absolute Gasteiger partial charge is 0.495 e.